The Kier molecular flexibility index (Phi) is 25.8. The molecule has 0 aliphatic carbocycles. The lowest BCUT2D eigenvalue weighted by atomic mass is 9.77. The van der Waals surface area contributed by atoms with Crippen LogP contribution in [0.15, 0.2) is 186 Å². The van der Waals surface area contributed by atoms with Gasteiger partial charge in [-0.15, -0.1) is 11.8 Å². The quantitative estimate of drug-likeness (QED) is 0.0171. The van der Waals surface area contributed by atoms with Crippen LogP contribution in [0.5, 0.6) is 0 Å². The zero-order valence-electron chi connectivity index (χ0n) is 47.5. The summed E-state index contributed by atoms with van der Waals surface area (Å²) in [5, 5.41) is 58.9. The van der Waals surface area contributed by atoms with E-state index in [1.54, 1.807) is 55.2 Å². The molecule has 434 valence electrons. The van der Waals surface area contributed by atoms with E-state index < -0.39 is 21.4 Å². The summed E-state index contributed by atoms with van der Waals surface area (Å²) in [7, 11) is -4.52. The third-order valence-corrected chi connectivity index (χ3v) is 16.1. The highest BCUT2D eigenvalue weighted by Gasteiger charge is 2.20. The number of benzene rings is 6. The fraction of sp³-hybridized carbons (Fsp3) is 0.200. The number of hydrogen-bond acceptors (Lipinski definition) is 17. The highest BCUT2D eigenvalue weighted by molar-refractivity contribution is 7.98. The van der Waals surface area contributed by atoms with Crippen LogP contribution in [0.4, 0.5) is 0 Å². The van der Waals surface area contributed by atoms with Gasteiger partial charge in [-0.25, -0.2) is 24.9 Å². The number of thioether (sulfide) groups is 3. The number of Topliss-reactive ketones (excluding diaryl/α,β-unsaturated/α-hetero) is 3. The van der Waals surface area contributed by atoms with E-state index in [0.29, 0.717) is 79.9 Å². The molecular weight excluding hydrogens is 1120 g/mol. The number of carbonyl (C=O) groups excluding carboxylic acids is 3. The second-order valence-electron chi connectivity index (χ2n) is 20.2. The third-order valence-electron chi connectivity index (χ3n) is 13.2. The first-order valence-electron chi connectivity index (χ1n) is 26.9. The fourth-order valence-electron chi connectivity index (χ4n) is 8.45. The first kappa shape index (κ1) is 66.8. The van der Waals surface area contributed by atoms with Gasteiger partial charge in [-0.05, 0) is 103 Å². The molecule has 6 aromatic carbocycles. The molecule has 0 radical (unpaired) electrons. The average Bonchev–Trinajstić information content (AvgIpc) is 3.67. The van der Waals surface area contributed by atoms with Crippen molar-refractivity contribution in [3.05, 3.63) is 254 Å². The Hall–Kier alpha value is -7.36. The Bertz CT molecular complexity index is 3260. The first-order valence-corrected chi connectivity index (χ1v) is 29.8. The second kappa shape index (κ2) is 32.8. The van der Waals surface area contributed by atoms with Gasteiger partial charge in [0.1, 0.15) is 0 Å². The summed E-state index contributed by atoms with van der Waals surface area (Å²) < 4.78 is 0. The van der Waals surface area contributed by atoms with Crippen molar-refractivity contribution in [2.45, 2.75) is 101 Å². The maximum Gasteiger partial charge on any atom is 0.488 e. The fourth-order valence-corrected chi connectivity index (χ4v) is 10.9. The number of pyridine rings is 1. The van der Waals surface area contributed by atoms with E-state index in [-0.39, 0.29) is 24.8 Å². The lowest BCUT2D eigenvalue weighted by Gasteiger charge is -2.10. The molecule has 14 nitrogen and oxygen atoms in total. The van der Waals surface area contributed by atoms with E-state index in [1.807, 2.05) is 157 Å². The Labute approximate surface area is 511 Å². The zero-order chi connectivity index (χ0) is 60.3. The monoisotopic (exact) mass is 1190 g/mol. The molecule has 0 aliphatic rings. The summed E-state index contributed by atoms with van der Waals surface area (Å²) in [6.07, 6.45) is 8.78. The van der Waals surface area contributed by atoms with Crippen molar-refractivity contribution in [2.75, 3.05) is 0 Å². The summed E-state index contributed by atoms with van der Waals surface area (Å²) >= 11 is 4.26. The number of aryl methyl sites for hydroxylation is 6. The van der Waals surface area contributed by atoms with Gasteiger partial charge < -0.3 is 30.1 Å². The minimum Gasteiger partial charge on any atom is -0.423 e. The molecule has 85 heavy (non-hydrogen) atoms. The molecule has 0 spiro atoms. The van der Waals surface area contributed by atoms with Gasteiger partial charge in [0.15, 0.2) is 27.7 Å². The minimum atomic E-state index is -1.51. The number of rotatable bonds is 21. The number of hydrogen-bond donors (Lipinski definition) is 6. The normalized spacial score (nSPS) is 10.6. The standard InChI is InChI=1S/C22H22BNO3S.2C21H21BN2O3S.CH4/c1-15-3-6-17(7-4-15)12-21(25)18-8-10-22(24-13-18)28-14-19-11-16(2)5-9-20(19)23(26)27;2*1-14-3-6-16(7-4-14)10-20(25)18-11-23-21(24-12-18)28-13-17-9-15(2)5-8-19(17)22(26)27;/h3-11,13,26-27H,12,14H2,1-2H3;2*3-9,11-12,26-27H,10,13H2,1-2H3;1H4. The predicted molar refractivity (Wildman–Crippen MR) is 344 cm³/mol. The molecular formula is C65H68B3N5O9S3. The summed E-state index contributed by atoms with van der Waals surface area (Å²) in [6, 6.07) is 43.8. The van der Waals surface area contributed by atoms with Crippen molar-refractivity contribution >= 4 is 90.4 Å². The molecule has 0 saturated carbocycles. The summed E-state index contributed by atoms with van der Waals surface area (Å²) in [4.78, 5) is 58.7. The highest BCUT2D eigenvalue weighted by Crippen LogP contribution is 2.24. The molecule has 3 aromatic heterocycles. The van der Waals surface area contributed by atoms with E-state index in [9.17, 15) is 44.5 Å². The largest absolute Gasteiger partial charge is 0.488 e. The molecule has 3 heterocycles. The van der Waals surface area contributed by atoms with Gasteiger partial charge in [0.25, 0.3) is 0 Å². The maximum absolute atomic E-state index is 12.4. The smallest absolute Gasteiger partial charge is 0.423 e. The number of carbonyl (C=O) groups is 3. The lowest BCUT2D eigenvalue weighted by Crippen LogP contribution is -2.32. The van der Waals surface area contributed by atoms with Gasteiger partial charge >= 0.3 is 21.4 Å². The van der Waals surface area contributed by atoms with Crippen LogP contribution in [-0.4, -0.2) is 93.8 Å². The van der Waals surface area contributed by atoms with Crippen LogP contribution in [0.3, 0.4) is 0 Å². The zero-order valence-corrected chi connectivity index (χ0v) is 50.0. The van der Waals surface area contributed by atoms with Crippen LogP contribution >= 0.6 is 35.3 Å². The molecule has 0 fully saturated rings. The van der Waals surface area contributed by atoms with E-state index in [1.165, 1.54) is 40.8 Å². The molecule has 0 unspecified atom stereocenters. The molecule has 0 bridgehead atoms. The number of aromatic nitrogens is 5. The molecule has 0 saturated heterocycles. The summed E-state index contributed by atoms with van der Waals surface area (Å²) in [5.41, 5.74) is 15.0. The number of ketones is 3. The molecule has 9 rings (SSSR count). The van der Waals surface area contributed by atoms with Crippen LogP contribution in [0, 0.1) is 41.5 Å². The molecule has 6 N–H and O–H groups in total. The van der Waals surface area contributed by atoms with Crippen LogP contribution in [0.1, 0.15) is 105 Å². The molecule has 0 amide bonds. The van der Waals surface area contributed by atoms with Gasteiger partial charge in [-0.3, -0.25) is 14.4 Å². The molecule has 20 heteroatoms. The highest BCUT2D eigenvalue weighted by atomic mass is 32.2. The summed E-state index contributed by atoms with van der Waals surface area (Å²) in [5.74, 6) is 1.57. The topological polar surface area (TPSA) is 237 Å². The van der Waals surface area contributed by atoms with Gasteiger partial charge in [0.05, 0.1) is 16.2 Å². The Morgan fingerprint density at radius 3 is 0.929 bits per heavy atom. The van der Waals surface area contributed by atoms with Crippen LogP contribution < -0.4 is 16.4 Å². The SMILES string of the molecule is C.Cc1ccc(CC(=O)c2ccc(SCc3cc(C)ccc3B(O)O)nc2)cc1.Cc1ccc(CC(=O)c2cnc(SCc3cc(C)ccc3B(O)O)nc2)cc1.Cc1ccc(CC(=O)c2cnc(SCc3cc(C)ccc3B(O)O)nc2)cc1. The average molecular weight is 1190 g/mol. The van der Waals surface area contributed by atoms with E-state index in [2.05, 4.69) is 24.9 Å². The van der Waals surface area contributed by atoms with Crippen molar-refractivity contribution < 1.29 is 44.5 Å². The van der Waals surface area contributed by atoms with Gasteiger partial charge in [-0.1, -0.05) is 192 Å². The van der Waals surface area contributed by atoms with Crippen molar-refractivity contribution in [2.24, 2.45) is 0 Å². The van der Waals surface area contributed by atoms with Crippen LogP contribution in [-0.2, 0) is 36.5 Å². The molecule has 9 aromatic rings. The van der Waals surface area contributed by atoms with E-state index in [4.69, 9.17) is 0 Å². The number of nitrogens with zero attached hydrogens (tertiary/aromatic N) is 5. The Morgan fingerprint density at radius 1 is 0.353 bits per heavy atom. The summed E-state index contributed by atoms with van der Waals surface area (Å²) in [6.45, 7) is 11.9. The predicted octanol–water partition coefficient (Wildman–Crippen LogP) is 8.71. The Morgan fingerprint density at radius 2 is 0.635 bits per heavy atom. The van der Waals surface area contributed by atoms with Crippen molar-refractivity contribution in [3.63, 3.8) is 0 Å². The first-order chi connectivity index (χ1) is 40.3. The third kappa shape index (κ3) is 21.0. The van der Waals surface area contributed by atoms with Crippen molar-refractivity contribution in [1.29, 1.82) is 0 Å². The van der Waals surface area contributed by atoms with Crippen LogP contribution in [0.25, 0.3) is 0 Å². The van der Waals surface area contributed by atoms with Crippen LogP contribution in [0.2, 0.25) is 0 Å². The second-order valence-corrected chi connectivity index (χ2v) is 23.1. The minimum absolute atomic E-state index is 0. The van der Waals surface area contributed by atoms with E-state index in [0.717, 1.165) is 66.2 Å². The van der Waals surface area contributed by atoms with Crippen molar-refractivity contribution in [1.82, 2.24) is 24.9 Å². The van der Waals surface area contributed by atoms with Gasteiger partial charge in [0.2, 0.25) is 0 Å². The Balaban J connectivity index is 0.000000203. The molecule has 0 atom stereocenters. The van der Waals surface area contributed by atoms with Gasteiger partial charge in [0, 0.05) is 73.1 Å². The molecule has 0 aliphatic heterocycles. The maximum atomic E-state index is 12.4. The lowest BCUT2D eigenvalue weighted by molar-refractivity contribution is 0.0984. The van der Waals surface area contributed by atoms with Crippen molar-refractivity contribution in [3.8, 4) is 0 Å². The van der Waals surface area contributed by atoms with Gasteiger partial charge in [-0.2, -0.15) is 0 Å². The van der Waals surface area contributed by atoms with E-state index >= 15 is 0 Å².